The minimum absolute atomic E-state index is 0.833. The van der Waals surface area contributed by atoms with Crippen molar-refractivity contribution in [2.24, 2.45) is 5.92 Å². The molecule has 3 heteroatoms. The average molecular weight is 144 g/mol. The zero-order valence-electron chi connectivity index (χ0n) is 6.03. The van der Waals surface area contributed by atoms with Gasteiger partial charge in [-0.05, 0) is 17.5 Å². The first-order valence-corrected chi connectivity index (χ1v) is 3.76. The zero-order chi connectivity index (χ0) is 7.11. The van der Waals surface area contributed by atoms with Gasteiger partial charge in [0.2, 0.25) is 0 Å². The van der Waals surface area contributed by atoms with Crippen molar-refractivity contribution in [2.75, 3.05) is 0 Å². The summed E-state index contributed by atoms with van der Waals surface area (Å²) in [4.78, 5) is 3.63. The number of hydrogen-bond donors (Lipinski definition) is 0. The molecule has 0 saturated heterocycles. The summed E-state index contributed by atoms with van der Waals surface area (Å²) in [6.07, 6.45) is 1.52. The molecule has 0 amide bonds. The van der Waals surface area contributed by atoms with Crippen LogP contribution in [0.3, 0.4) is 0 Å². The zero-order valence-corrected chi connectivity index (χ0v) is 6.85. The highest BCUT2D eigenvalue weighted by molar-refractivity contribution is 7.03. The van der Waals surface area contributed by atoms with Gasteiger partial charge in [-0.25, -0.2) is 4.98 Å². The van der Waals surface area contributed by atoms with Gasteiger partial charge < -0.3 is 0 Å². The fraction of sp³-hybridized carbons (Fsp3) is 0.667. The predicted molar refractivity (Wildman–Crippen MR) is 40.4 cm³/mol. The molecule has 2 nitrogen and oxygen atoms in total. The topological polar surface area (TPSA) is 25.8 Å². The molecule has 0 aliphatic rings. The van der Waals surface area contributed by atoms with Gasteiger partial charge in [0.1, 0.15) is 11.8 Å². The summed E-state index contributed by atoms with van der Waals surface area (Å²) >= 11 is 1.35. The van der Waals surface area contributed by atoms with E-state index in [0.717, 1.165) is 5.92 Å². The lowest BCUT2D eigenvalue weighted by Gasteiger charge is -1.79. The number of hydrogen-bond acceptors (Lipinski definition) is 3. The van der Waals surface area contributed by atoms with E-state index in [1.807, 2.05) is 0 Å². The summed E-state index contributed by atoms with van der Waals surface area (Å²) in [7, 11) is 0. The van der Waals surface area contributed by atoms with Gasteiger partial charge in [0, 0.05) is 0 Å². The second-order valence-electron chi connectivity index (χ2n) is 2.31. The fourth-order valence-electron chi connectivity index (χ4n) is 0.136. The molecule has 0 aliphatic carbocycles. The fourth-order valence-corrected chi connectivity index (χ4v) is 0.408. The molecule has 0 fully saturated rings. The Balaban J connectivity index is 0.000000148. The standard InChI is InChI=1S/C4H10.C2H2N2S/c1-4(2)3;1-3-2-5-4-1/h4H,1-3H3;1-2H. The van der Waals surface area contributed by atoms with Crippen LogP contribution in [0.1, 0.15) is 20.8 Å². The van der Waals surface area contributed by atoms with Crippen LogP contribution in [-0.4, -0.2) is 9.36 Å². The summed E-state index contributed by atoms with van der Waals surface area (Å²) in [5.41, 5.74) is 1.68. The minimum Gasteiger partial charge on any atom is -0.231 e. The Kier molecular flexibility index (Phi) is 5.41. The van der Waals surface area contributed by atoms with Crippen molar-refractivity contribution < 1.29 is 0 Å². The van der Waals surface area contributed by atoms with Crippen molar-refractivity contribution in [1.29, 1.82) is 0 Å². The molecule has 0 unspecified atom stereocenters. The molecule has 1 aromatic rings. The molecule has 0 aromatic carbocycles. The van der Waals surface area contributed by atoms with E-state index in [2.05, 4.69) is 30.1 Å². The van der Waals surface area contributed by atoms with Crippen molar-refractivity contribution in [1.82, 2.24) is 9.36 Å². The van der Waals surface area contributed by atoms with Crippen LogP contribution in [0.25, 0.3) is 0 Å². The Morgan fingerprint density at radius 2 is 1.89 bits per heavy atom. The van der Waals surface area contributed by atoms with Crippen LogP contribution in [0.4, 0.5) is 0 Å². The molecule has 0 N–H and O–H groups in total. The van der Waals surface area contributed by atoms with E-state index in [-0.39, 0.29) is 0 Å². The largest absolute Gasteiger partial charge is 0.231 e. The molecule has 0 atom stereocenters. The molecular weight excluding hydrogens is 132 g/mol. The molecule has 1 rings (SSSR count). The van der Waals surface area contributed by atoms with Gasteiger partial charge in [0.15, 0.2) is 0 Å². The lowest BCUT2D eigenvalue weighted by Crippen LogP contribution is -1.66. The third-order valence-corrected chi connectivity index (χ3v) is 0.715. The first-order valence-electron chi connectivity index (χ1n) is 2.92. The van der Waals surface area contributed by atoms with Gasteiger partial charge >= 0.3 is 0 Å². The first-order chi connectivity index (χ1) is 4.23. The van der Waals surface area contributed by atoms with Crippen LogP contribution in [0.2, 0.25) is 0 Å². The van der Waals surface area contributed by atoms with Crippen LogP contribution < -0.4 is 0 Å². The Hall–Kier alpha value is -0.440. The van der Waals surface area contributed by atoms with Crippen LogP contribution in [0.5, 0.6) is 0 Å². The maximum Gasteiger partial charge on any atom is 0.129 e. The lowest BCUT2D eigenvalue weighted by molar-refractivity contribution is 0.737. The van der Waals surface area contributed by atoms with Crippen LogP contribution >= 0.6 is 11.5 Å². The monoisotopic (exact) mass is 144 g/mol. The van der Waals surface area contributed by atoms with E-state index in [1.54, 1.807) is 5.51 Å². The summed E-state index contributed by atoms with van der Waals surface area (Å²) in [6.45, 7) is 6.50. The predicted octanol–water partition coefficient (Wildman–Crippen LogP) is 2.20. The van der Waals surface area contributed by atoms with Gasteiger partial charge in [0.25, 0.3) is 0 Å². The third-order valence-electron chi connectivity index (χ3n) is 0.283. The molecule has 1 heterocycles. The highest BCUT2D eigenvalue weighted by Gasteiger charge is 1.68. The van der Waals surface area contributed by atoms with Crippen molar-refractivity contribution in [3.63, 3.8) is 0 Å². The molecule has 0 aliphatic heterocycles. The summed E-state index contributed by atoms with van der Waals surface area (Å²) in [6, 6.07) is 0. The quantitative estimate of drug-likeness (QED) is 0.558. The second-order valence-corrected chi connectivity index (χ2v) is 2.95. The molecule has 9 heavy (non-hydrogen) atoms. The van der Waals surface area contributed by atoms with Crippen LogP contribution in [-0.2, 0) is 0 Å². The molecule has 52 valence electrons. The van der Waals surface area contributed by atoms with Gasteiger partial charge in [-0.2, -0.15) is 4.37 Å². The molecule has 0 spiro atoms. The first kappa shape index (κ1) is 8.56. The molecular formula is C6H12N2S. The lowest BCUT2D eigenvalue weighted by atomic mass is 10.3. The van der Waals surface area contributed by atoms with Gasteiger partial charge in [0.05, 0.1) is 0 Å². The molecule has 0 radical (unpaired) electrons. The van der Waals surface area contributed by atoms with Gasteiger partial charge in [-0.15, -0.1) is 0 Å². The minimum atomic E-state index is 0.833. The van der Waals surface area contributed by atoms with Crippen LogP contribution in [0, 0.1) is 5.92 Å². The second kappa shape index (κ2) is 5.69. The van der Waals surface area contributed by atoms with E-state index in [9.17, 15) is 0 Å². The Morgan fingerprint density at radius 3 is 2.00 bits per heavy atom. The summed E-state index contributed by atoms with van der Waals surface area (Å²) in [5.74, 6) is 0.833. The average Bonchev–Trinajstić information content (AvgIpc) is 2.11. The Morgan fingerprint density at radius 1 is 1.33 bits per heavy atom. The molecule has 1 aromatic heterocycles. The van der Waals surface area contributed by atoms with Crippen molar-refractivity contribution in [2.45, 2.75) is 20.8 Å². The number of aromatic nitrogens is 2. The van der Waals surface area contributed by atoms with E-state index in [0.29, 0.717) is 0 Å². The molecule has 0 saturated carbocycles. The van der Waals surface area contributed by atoms with Gasteiger partial charge in [-0.1, -0.05) is 20.8 Å². The van der Waals surface area contributed by atoms with E-state index in [4.69, 9.17) is 0 Å². The maximum atomic E-state index is 3.65. The SMILES string of the molecule is CC(C)C.c1ncsn1. The van der Waals surface area contributed by atoms with Crippen LogP contribution in [0.15, 0.2) is 11.8 Å². The Bertz CT molecular complexity index is 94.6. The van der Waals surface area contributed by atoms with Crippen molar-refractivity contribution in [3.05, 3.63) is 11.8 Å². The highest BCUT2D eigenvalue weighted by atomic mass is 32.1. The van der Waals surface area contributed by atoms with Gasteiger partial charge in [-0.3, -0.25) is 0 Å². The van der Waals surface area contributed by atoms with E-state index >= 15 is 0 Å². The van der Waals surface area contributed by atoms with E-state index < -0.39 is 0 Å². The summed E-state index contributed by atoms with van der Waals surface area (Å²) in [5, 5.41) is 0. The smallest absolute Gasteiger partial charge is 0.129 e. The Labute approximate surface area is 60.1 Å². The number of nitrogens with zero attached hydrogens (tertiary/aromatic N) is 2. The van der Waals surface area contributed by atoms with Crippen molar-refractivity contribution in [3.8, 4) is 0 Å². The maximum absolute atomic E-state index is 3.65. The normalized spacial score (nSPS) is 8.44. The highest BCUT2D eigenvalue weighted by Crippen LogP contribution is 1.81. The summed E-state index contributed by atoms with van der Waals surface area (Å²) < 4.78 is 3.65. The molecule has 0 bridgehead atoms. The van der Waals surface area contributed by atoms with Crippen molar-refractivity contribution >= 4 is 11.5 Å². The van der Waals surface area contributed by atoms with E-state index in [1.165, 1.54) is 17.9 Å². The third kappa shape index (κ3) is 11.2. The number of rotatable bonds is 0.